The number of hydrogen-bond acceptors (Lipinski definition) is 5. The van der Waals surface area contributed by atoms with E-state index in [0.717, 1.165) is 12.8 Å². The van der Waals surface area contributed by atoms with E-state index in [1.165, 1.54) is 11.3 Å². The van der Waals surface area contributed by atoms with Gasteiger partial charge in [0.25, 0.3) is 5.91 Å². The minimum Gasteiger partial charge on any atom is -0.462 e. The van der Waals surface area contributed by atoms with E-state index in [0.29, 0.717) is 27.8 Å². The molecule has 2 N–H and O–H groups in total. The lowest BCUT2D eigenvalue weighted by atomic mass is 10.2. The molecule has 1 fully saturated rings. The van der Waals surface area contributed by atoms with Gasteiger partial charge in [0.1, 0.15) is 5.69 Å². The third-order valence-electron chi connectivity index (χ3n) is 3.80. The molecule has 4 rings (SSSR count). The first-order chi connectivity index (χ1) is 12.2. The Balaban J connectivity index is 1.44. The summed E-state index contributed by atoms with van der Waals surface area (Å²) in [6, 6.07) is 10.7. The van der Waals surface area contributed by atoms with Gasteiger partial charge in [0.2, 0.25) is 5.91 Å². The smallest absolute Gasteiger partial charge is 0.275 e. The van der Waals surface area contributed by atoms with Crippen LogP contribution >= 0.6 is 11.3 Å². The quantitative estimate of drug-likeness (QED) is 0.726. The van der Waals surface area contributed by atoms with Crippen LogP contribution in [0.4, 0.5) is 11.4 Å². The number of nitrogens with one attached hydrogen (secondary N) is 2. The van der Waals surface area contributed by atoms with Crippen LogP contribution in [-0.2, 0) is 4.79 Å². The molecule has 0 spiro atoms. The van der Waals surface area contributed by atoms with Crippen LogP contribution in [0.2, 0.25) is 0 Å². The monoisotopic (exact) mass is 353 g/mol. The van der Waals surface area contributed by atoms with Gasteiger partial charge in [-0.15, -0.1) is 11.3 Å². The van der Waals surface area contributed by atoms with Crippen molar-refractivity contribution in [2.75, 3.05) is 10.6 Å². The van der Waals surface area contributed by atoms with Gasteiger partial charge in [-0.3, -0.25) is 9.59 Å². The number of aromatic nitrogens is 1. The molecule has 0 bridgehead atoms. The number of hydrogen-bond donors (Lipinski definition) is 2. The summed E-state index contributed by atoms with van der Waals surface area (Å²) in [5.74, 6) is 0.493. The summed E-state index contributed by atoms with van der Waals surface area (Å²) < 4.78 is 5.28. The first-order valence-corrected chi connectivity index (χ1v) is 8.79. The molecule has 1 aliphatic carbocycles. The van der Waals surface area contributed by atoms with Crippen molar-refractivity contribution in [3.8, 4) is 10.8 Å². The molecular formula is C18H15N3O3S. The van der Waals surface area contributed by atoms with Crippen LogP contribution in [0, 0.1) is 5.92 Å². The van der Waals surface area contributed by atoms with Crippen molar-refractivity contribution in [2.24, 2.45) is 5.92 Å². The highest BCUT2D eigenvalue weighted by Crippen LogP contribution is 2.30. The third-order valence-corrected chi connectivity index (χ3v) is 4.66. The lowest BCUT2D eigenvalue weighted by molar-refractivity contribution is -0.117. The summed E-state index contributed by atoms with van der Waals surface area (Å²) in [6.45, 7) is 0. The van der Waals surface area contributed by atoms with Crippen LogP contribution < -0.4 is 10.6 Å². The molecule has 6 nitrogen and oxygen atoms in total. The Morgan fingerprint density at radius 3 is 2.64 bits per heavy atom. The number of thiazole rings is 1. The Hall–Kier alpha value is -2.93. The molecule has 1 aliphatic rings. The highest BCUT2D eigenvalue weighted by Gasteiger charge is 2.29. The van der Waals surface area contributed by atoms with Gasteiger partial charge >= 0.3 is 0 Å². The standard InChI is InChI=1S/C18H15N3O3S/c22-16(11-6-7-11)19-12-3-1-4-13(9-12)20-17(23)14-10-25-18(21-14)15-5-2-8-24-15/h1-5,8-11H,6-7H2,(H,19,22)(H,20,23). The number of carbonyl (C=O) groups is 2. The van der Waals surface area contributed by atoms with Crippen LogP contribution in [0.15, 0.2) is 52.5 Å². The van der Waals surface area contributed by atoms with E-state index in [1.54, 1.807) is 48.0 Å². The fraction of sp³-hybridized carbons (Fsp3) is 0.167. The van der Waals surface area contributed by atoms with Crippen LogP contribution in [-0.4, -0.2) is 16.8 Å². The lowest BCUT2D eigenvalue weighted by Gasteiger charge is -2.07. The van der Waals surface area contributed by atoms with Crippen molar-refractivity contribution in [3.05, 3.63) is 53.7 Å². The molecule has 1 aromatic carbocycles. The second-order valence-corrected chi connectivity index (χ2v) is 6.67. The van der Waals surface area contributed by atoms with E-state index in [1.807, 2.05) is 0 Å². The first-order valence-electron chi connectivity index (χ1n) is 7.91. The summed E-state index contributed by atoms with van der Waals surface area (Å²) in [7, 11) is 0. The molecule has 2 aromatic heterocycles. The molecule has 0 saturated heterocycles. The van der Waals surface area contributed by atoms with E-state index < -0.39 is 0 Å². The number of anilines is 2. The molecule has 0 aliphatic heterocycles. The molecule has 1 saturated carbocycles. The van der Waals surface area contributed by atoms with Gasteiger partial charge in [-0.1, -0.05) is 6.07 Å². The zero-order chi connectivity index (χ0) is 17.2. The fourth-order valence-electron chi connectivity index (χ4n) is 2.35. The van der Waals surface area contributed by atoms with Crippen molar-refractivity contribution in [3.63, 3.8) is 0 Å². The first kappa shape index (κ1) is 15.6. The average molecular weight is 353 g/mol. The largest absolute Gasteiger partial charge is 0.462 e. The van der Waals surface area contributed by atoms with Crippen molar-refractivity contribution >= 4 is 34.5 Å². The van der Waals surface area contributed by atoms with Crippen molar-refractivity contribution in [1.82, 2.24) is 4.98 Å². The van der Waals surface area contributed by atoms with Gasteiger partial charge in [-0.05, 0) is 43.2 Å². The van der Waals surface area contributed by atoms with Gasteiger partial charge in [-0.25, -0.2) is 4.98 Å². The molecule has 3 aromatic rings. The van der Waals surface area contributed by atoms with Gasteiger partial charge in [0.15, 0.2) is 10.8 Å². The minimum atomic E-state index is -0.306. The molecule has 0 unspecified atom stereocenters. The summed E-state index contributed by atoms with van der Waals surface area (Å²) in [6.07, 6.45) is 3.46. The van der Waals surface area contributed by atoms with E-state index in [2.05, 4.69) is 15.6 Å². The highest BCUT2D eigenvalue weighted by molar-refractivity contribution is 7.13. The Bertz CT molecular complexity index is 913. The predicted octanol–water partition coefficient (Wildman–Crippen LogP) is 4.00. The average Bonchev–Trinajstić information content (AvgIpc) is 3.10. The fourth-order valence-corrected chi connectivity index (χ4v) is 3.12. The maximum atomic E-state index is 12.4. The van der Waals surface area contributed by atoms with E-state index in [9.17, 15) is 9.59 Å². The van der Waals surface area contributed by atoms with Gasteiger partial charge < -0.3 is 15.1 Å². The zero-order valence-corrected chi connectivity index (χ0v) is 14.0. The Morgan fingerprint density at radius 2 is 1.92 bits per heavy atom. The second-order valence-electron chi connectivity index (χ2n) is 5.81. The number of furan rings is 1. The van der Waals surface area contributed by atoms with Gasteiger partial charge in [0, 0.05) is 22.7 Å². The maximum absolute atomic E-state index is 12.4. The molecule has 2 heterocycles. The normalized spacial score (nSPS) is 13.4. The topological polar surface area (TPSA) is 84.2 Å². The van der Waals surface area contributed by atoms with Crippen LogP contribution in [0.1, 0.15) is 23.3 Å². The minimum absolute atomic E-state index is 0.0334. The Morgan fingerprint density at radius 1 is 1.12 bits per heavy atom. The lowest BCUT2D eigenvalue weighted by Crippen LogP contribution is -2.15. The molecule has 2 amide bonds. The second kappa shape index (κ2) is 6.52. The molecule has 0 radical (unpaired) electrons. The number of nitrogens with zero attached hydrogens (tertiary/aromatic N) is 1. The highest BCUT2D eigenvalue weighted by atomic mass is 32.1. The molecule has 126 valence electrons. The molecular weight excluding hydrogens is 338 g/mol. The van der Waals surface area contributed by atoms with Crippen LogP contribution in [0.5, 0.6) is 0 Å². The summed E-state index contributed by atoms with van der Waals surface area (Å²) >= 11 is 1.35. The third kappa shape index (κ3) is 3.61. The zero-order valence-electron chi connectivity index (χ0n) is 13.2. The summed E-state index contributed by atoms with van der Waals surface area (Å²) in [5.41, 5.74) is 1.60. The maximum Gasteiger partial charge on any atom is 0.275 e. The molecule has 25 heavy (non-hydrogen) atoms. The van der Waals surface area contributed by atoms with E-state index >= 15 is 0 Å². The van der Waals surface area contributed by atoms with Crippen molar-refractivity contribution in [2.45, 2.75) is 12.8 Å². The number of carbonyl (C=O) groups excluding carboxylic acids is 2. The molecule has 7 heteroatoms. The van der Waals surface area contributed by atoms with E-state index in [-0.39, 0.29) is 17.7 Å². The van der Waals surface area contributed by atoms with Crippen molar-refractivity contribution < 1.29 is 14.0 Å². The van der Waals surface area contributed by atoms with E-state index in [4.69, 9.17) is 4.42 Å². The SMILES string of the molecule is O=C(Nc1cccc(NC(=O)C2CC2)c1)c1csc(-c2ccco2)n1. The van der Waals surface area contributed by atoms with Gasteiger partial charge in [0.05, 0.1) is 6.26 Å². The number of amides is 2. The summed E-state index contributed by atoms with van der Waals surface area (Å²) in [5, 5.41) is 8.00. The number of rotatable bonds is 5. The van der Waals surface area contributed by atoms with Gasteiger partial charge in [-0.2, -0.15) is 0 Å². The van der Waals surface area contributed by atoms with Crippen LogP contribution in [0.3, 0.4) is 0 Å². The Labute approximate surface area is 147 Å². The number of benzene rings is 1. The van der Waals surface area contributed by atoms with Crippen LogP contribution in [0.25, 0.3) is 10.8 Å². The Kier molecular flexibility index (Phi) is 4.07. The van der Waals surface area contributed by atoms with Crippen molar-refractivity contribution in [1.29, 1.82) is 0 Å². The predicted molar refractivity (Wildman–Crippen MR) is 95.6 cm³/mol. The molecule has 0 atom stereocenters. The summed E-state index contributed by atoms with van der Waals surface area (Å²) in [4.78, 5) is 28.5.